The topological polar surface area (TPSA) is 51.2 Å². The number of sulfone groups is 1. The molecule has 0 radical (unpaired) electrons. The molecule has 0 heterocycles. The first-order valence-electron chi connectivity index (χ1n) is 6.95. The number of hydrogen-bond acceptors (Lipinski definition) is 3. The van der Waals surface area contributed by atoms with Crippen LogP contribution in [-0.2, 0) is 14.6 Å². The van der Waals surface area contributed by atoms with E-state index in [1.807, 2.05) is 6.92 Å². The molecule has 0 saturated heterocycles. The van der Waals surface area contributed by atoms with Crippen LogP contribution < -0.4 is 0 Å². The Bertz CT molecular complexity index is 734. The van der Waals surface area contributed by atoms with E-state index in [1.165, 1.54) is 0 Å². The number of carbonyl (C=O) groups excluding carboxylic acids is 1. The molecule has 20 heavy (non-hydrogen) atoms. The van der Waals surface area contributed by atoms with Crippen molar-refractivity contribution in [2.75, 3.05) is 0 Å². The lowest BCUT2D eigenvalue weighted by atomic mass is 9.78. The highest BCUT2D eigenvalue weighted by molar-refractivity contribution is 7.94. The molecule has 2 saturated carbocycles. The number of benzene rings is 1. The monoisotopic (exact) mass is 288 g/mol. The van der Waals surface area contributed by atoms with Gasteiger partial charge < -0.3 is 0 Å². The van der Waals surface area contributed by atoms with E-state index >= 15 is 0 Å². The maximum atomic E-state index is 13.0. The largest absolute Gasteiger partial charge is 0.298 e. The zero-order valence-electron chi connectivity index (χ0n) is 11.2. The average molecular weight is 288 g/mol. The van der Waals surface area contributed by atoms with E-state index < -0.39 is 14.6 Å². The molecule has 0 unspecified atom stereocenters. The second kappa shape index (κ2) is 3.42. The molecular weight excluding hydrogens is 272 g/mol. The highest BCUT2D eigenvalue weighted by Crippen LogP contribution is 2.74. The smallest absolute Gasteiger partial charge is 0.191 e. The summed E-state index contributed by atoms with van der Waals surface area (Å²) in [6.45, 7) is 2.02. The lowest BCUT2D eigenvalue weighted by Crippen LogP contribution is -2.33. The van der Waals surface area contributed by atoms with Crippen molar-refractivity contribution in [3.8, 4) is 0 Å². The van der Waals surface area contributed by atoms with Gasteiger partial charge in [0.2, 0.25) is 0 Å². The Morgan fingerprint density at radius 3 is 2.55 bits per heavy atom. The van der Waals surface area contributed by atoms with Crippen molar-refractivity contribution in [2.24, 2.45) is 17.3 Å². The number of hydrogen-bond donors (Lipinski definition) is 0. The third-order valence-electron chi connectivity index (χ3n) is 5.38. The van der Waals surface area contributed by atoms with E-state index in [9.17, 15) is 13.2 Å². The molecular formula is C16H16O3S. The maximum absolute atomic E-state index is 13.0. The molecule has 1 aromatic carbocycles. The summed E-state index contributed by atoms with van der Waals surface area (Å²) < 4.78 is 24.9. The van der Waals surface area contributed by atoms with Crippen LogP contribution in [0.1, 0.15) is 19.8 Å². The molecule has 4 atom stereocenters. The summed E-state index contributed by atoms with van der Waals surface area (Å²) in [6.07, 6.45) is 5.17. The van der Waals surface area contributed by atoms with Crippen molar-refractivity contribution in [1.82, 2.24) is 0 Å². The van der Waals surface area contributed by atoms with E-state index in [-0.39, 0.29) is 27.9 Å². The van der Waals surface area contributed by atoms with Crippen molar-refractivity contribution in [1.29, 1.82) is 0 Å². The van der Waals surface area contributed by atoms with Crippen LogP contribution in [0.3, 0.4) is 0 Å². The number of carbonyl (C=O) groups is 1. The standard InChI is InChI=1S/C16H16O3S/c1-15-9-5-8-12-14(15)16(12,13(17)10-15)20(18,19)11-6-3-2-4-7-11/h2-7,9,12,14H,8,10H2,1H3/t12-,14-,15-,16-/m0/s1. The predicted octanol–water partition coefficient (Wildman–Crippen LogP) is 2.38. The Labute approximate surface area is 118 Å². The maximum Gasteiger partial charge on any atom is 0.191 e. The van der Waals surface area contributed by atoms with Gasteiger partial charge in [-0.3, -0.25) is 4.79 Å². The number of ketones is 1. The Balaban J connectivity index is 1.91. The fraction of sp³-hybridized carbons (Fsp3) is 0.438. The Morgan fingerprint density at radius 1 is 1.20 bits per heavy atom. The Morgan fingerprint density at radius 2 is 1.90 bits per heavy atom. The van der Waals surface area contributed by atoms with Gasteiger partial charge in [0.1, 0.15) is 4.75 Å². The lowest BCUT2D eigenvalue weighted by molar-refractivity contribution is -0.119. The van der Waals surface area contributed by atoms with Crippen molar-refractivity contribution in [2.45, 2.75) is 29.4 Å². The van der Waals surface area contributed by atoms with Gasteiger partial charge in [0.15, 0.2) is 15.6 Å². The van der Waals surface area contributed by atoms with E-state index in [0.29, 0.717) is 12.8 Å². The molecule has 1 aromatic rings. The number of rotatable bonds is 2. The van der Waals surface area contributed by atoms with Crippen LogP contribution in [-0.4, -0.2) is 18.9 Å². The fourth-order valence-electron chi connectivity index (χ4n) is 4.63. The highest BCUT2D eigenvalue weighted by Gasteiger charge is 2.84. The average Bonchev–Trinajstić information content (AvgIpc) is 3.05. The summed E-state index contributed by atoms with van der Waals surface area (Å²) in [6, 6.07) is 8.42. The molecule has 3 nitrogen and oxygen atoms in total. The molecule has 0 spiro atoms. The molecule has 4 rings (SSSR count). The first-order chi connectivity index (χ1) is 9.44. The predicted molar refractivity (Wildman–Crippen MR) is 74.8 cm³/mol. The Kier molecular flexibility index (Phi) is 2.11. The van der Waals surface area contributed by atoms with E-state index in [4.69, 9.17) is 0 Å². The third kappa shape index (κ3) is 1.13. The van der Waals surface area contributed by atoms with Crippen molar-refractivity contribution in [3.63, 3.8) is 0 Å². The van der Waals surface area contributed by atoms with Crippen LogP contribution in [0.25, 0.3) is 0 Å². The van der Waals surface area contributed by atoms with Gasteiger partial charge in [-0.2, -0.15) is 0 Å². The fourth-order valence-corrected chi connectivity index (χ4v) is 7.23. The molecule has 3 aliphatic rings. The van der Waals surface area contributed by atoms with Gasteiger partial charge in [-0.25, -0.2) is 8.42 Å². The summed E-state index contributed by atoms with van der Waals surface area (Å²) in [5, 5.41) is 0. The number of Topliss-reactive ketones (excluding diaryl/α,β-unsaturated/α-hetero) is 1. The molecule has 0 amide bonds. The molecule has 0 aliphatic heterocycles. The van der Waals surface area contributed by atoms with Gasteiger partial charge in [0.05, 0.1) is 4.90 Å². The summed E-state index contributed by atoms with van der Waals surface area (Å²) in [5.74, 6) is -0.134. The zero-order chi connectivity index (χ0) is 14.2. The van der Waals surface area contributed by atoms with E-state index in [2.05, 4.69) is 12.2 Å². The minimum atomic E-state index is -3.60. The molecule has 0 bridgehead atoms. The van der Waals surface area contributed by atoms with Crippen molar-refractivity contribution in [3.05, 3.63) is 42.5 Å². The van der Waals surface area contributed by atoms with E-state index in [0.717, 1.165) is 0 Å². The van der Waals surface area contributed by atoms with Crippen LogP contribution in [0, 0.1) is 17.3 Å². The third-order valence-corrected chi connectivity index (χ3v) is 7.95. The summed E-state index contributed by atoms with van der Waals surface area (Å²) in [7, 11) is -3.60. The van der Waals surface area contributed by atoms with E-state index in [1.54, 1.807) is 30.3 Å². The van der Waals surface area contributed by atoms with Crippen LogP contribution in [0.4, 0.5) is 0 Å². The minimum Gasteiger partial charge on any atom is -0.298 e. The first-order valence-corrected chi connectivity index (χ1v) is 8.43. The lowest BCUT2D eigenvalue weighted by Gasteiger charge is -2.25. The minimum absolute atomic E-state index is 0.0241. The first kappa shape index (κ1) is 12.3. The molecule has 4 heteroatoms. The molecule has 2 fully saturated rings. The molecule has 0 N–H and O–H groups in total. The normalized spacial score (nSPS) is 41.5. The van der Waals surface area contributed by atoms with Gasteiger partial charge in [0.25, 0.3) is 0 Å². The Hall–Kier alpha value is -1.42. The van der Waals surface area contributed by atoms with Crippen molar-refractivity contribution < 1.29 is 13.2 Å². The quantitative estimate of drug-likeness (QED) is 0.785. The zero-order valence-corrected chi connectivity index (χ0v) is 12.1. The molecule has 0 aromatic heterocycles. The number of allylic oxidation sites excluding steroid dienone is 2. The second-order valence-electron chi connectivity index (χ2n) is 6.44. The van der Waals surface area contributed by atoms with Crippen LogP contribution in [0.5, 0.6) is 0 Å². The SMILES string of the molecule is C[C@@]12C=CC[C@H]3[C@@H]1[C@@]3(S(=O)(=O)c1ccccc1)C(=O)C2. The van der Waals surface area contributed by atoms with Gasteiger partial charge in [-0.15, -0.1) is 0 Å². The van der Waals surface area contributed by atoms with Gasteiger partial charge in [-0.05, 0) is 29.9 Å². The van der Waals surface area contributed by atoms with Crippen LogP contribution >= 0.6 is 0 Å². The van der Waals surface area contributed by atoms with Gasteiger partial charge in [0, 0.05) is 12.3 Å². The summed E-state index contributed by atoms with van der Waals surface area (Å²) >= 11 is 0. The van der Waals surface area contributed by atoms with Crippen molar-refractivity contribution >= 4 is 15.6 Å². The van der Waals surface area contributed by atoms with Gasteiger partial charge >= 0.3 is 0 Å². The number of fused-ring (bicyclic) bond motifs is 1. The van der Waals surface area contributed by atoms with Gasteiger partial charge in [-0.1, -0.05) is 37.3 Å². The second-order valence-corrected chi connectivity index (χ2v) is 8.59. The summed E-state index contributed by atoms with van der Waals surface area (Å²) in [4.78, 5) is 12.8. The van der Waals surface area contributed by atoms with Crippen LogP contribution in [0.2, 0.25) is 0 Å². The van der Waals surface area contributed by atoms with Crippen LogP contribution in [0.15, 0.2) is 47.4 Å². The molecule has 104 valence electrons. The highest BCUT2D eigenvalue weighted by atomic mass is 32.2. The summed E-state index contributed by atoms with van der Waals surface area (Å²) in [5.41, 5.74) is -0.262. The molecule has 3 aliphatic carbocycles.